The Hall–Kier alpha value is -1.92. The van der Waals surface area contributed by atoms with Gasteiger partial charge in [0.25, 0.3) is 0 Å². The number of aryl methyl sites for hydroxylation is 1. The Morgan fingerprint density at radius 3 is 2.45 bits per heavy atom. The Bertz CT molecular complexity index is 452. The minimum absolute atomic E-state index is 0.00533. The third-order valence-corrected chi connectivity index (χ3v) is 3.77. The van der Waals surface area contributed by atoms with Gasteiger partial charge in [-0.05, 0) is 12.8 Å². The summed E-state index contributed by atoms with van der Waals surface area (Å²) in [7, 11) is 0. The predicted octanol–water partition coefficient (Wildman–Crippen LogP) is 0.962. The zero-order valence-electron chi connectivity index (χ0n) is 11.4. The highest BCUT2D eigenvalue weighted by molar-refractivity contribution is 5.78. The summed E-state index contributed by atoms with van der Waals surface area (Å²) < 4.78 is 1.73. The topological polar surface area (TPSA) is 97.1 Å². The molecule has 0 radical (unpaired) electrons. The second kappa shape index (κ2) is 6.49. The Balaban J connectivity index is 1.89. The van der Waals surface area contributed by atoms with Gasteiger partial charge in [0.2, 0.25) is 5.91 Å². The number of aromatic nitrogens is 3. The maximum Gasteiger partial charge on any atom is 0.305 e. The average molecular weight is 280 g/mol. The van der Waals surface area contributed by atoms with Gasteiger partial charge in [0.15, 0.2) is 0 Å². The van der Waals surface area contributed by atoms with Gasteiger partial charge in [-0.15, -0.1) is 10.2 Å². The van der Waals surface area contributed by atoms with Crippen molar-refractivity contribution in [3.05, 3.63) is 12.7 Å². The number of aliphatic carboxylic acids is 1. The van der Waals surface area contributed by atoms with Gasteiger partial charge in [0.05, 0.1) is 12.0 Å². The van der Waals surface area contributed by atoms with E-state index in [0.29, 0.717) is 13.0 Å². The second-order valence-corrected chi connectivity index (χ2v) is 5.41. The largest absolute Gasteiger partial charge is 0.481 e. The van der Waals surface area contributed by atoms with Crippen molar-refractivity contribution in [2.75, 3.05) is 0 Å². The van der Waals surface area contributed by atoms with Crippen LogP contribution in [0.15, 0.2) is 12.7 Å². The standard InChI is InChI=1S/C13H20N4O3/c18-11(4-7-17-9-14-15-10-17)16-13(8-12(19)20)5-2-1-3-6-13/h9-10H,1-8H2,(H,16,18)(H,19,20). The molecule has 2 rings (SSSR count). The molecule has 1 amide bonds. The Labute approximate surface area is 117 Å². The SMILES string of the molecule is O=C(O)CC1(NC(=O)CCn2cnnc2)CCCCC1. The monoisotopic (exact) mass is 280 g/mol. The molecule has 0 spiro atoms. The molecule has 0 aliphatic heterocycles. The van der Waals surface area contributed by atoms with Crippen LogP contribution in [0.2, 0.25) is 0 Å². The molecule has 1 aromatic rings. The number of hydrogen-bond donors (Lipinski definition) is 2. The molecule has 0 aromatic carbocycles. The Morgan fingerprint density at radius 2 is 1.85 bits per heavy atom. The minimum atomic E-state index is -0.856. The van der Waals surface area contributed by atoms with Gasteiger partial charge >= 0.3 is 5.97 Å². The first-order valence-corrected chi connectivity index (χ1v) is 6.95. The summed E-state index contributed by atoms with van der Waals surface area (Å²) in [5, 5.41) is 19.3. The molecule has 110 valence electrons. The van der Waals surface area contributed by atoms with Gasteiger partial charge in [-0.1, -0.05) is 19.3 Å². The highest BCUT2D eigenvalue weighted by Crippen LogP contribution is 2.31. The van der Waals surface area contributed by atoms with Crippen molar-refractivity contribution < 1.29 is 14.7 Å². The van der Waals surface area contributed by atoms with Crippen molar-refractivity contribution in [2.45, 2.75) is 57.0 Å². The maximum absolute atomic E-state index is 12.0. The van der Waals surface area contributed by atoms with Crippen LogP contribution >= 0.6 is 0 Å². The molecule has 2 N–H and O–H groups in total. The molecular formula is C13H20N4O3. The van der Waals surface area contributed by atoms with Gasteiger partial charge in [-0.25, -0.2) is 0 Å². The number of nitrogens with one attached hydrogen (secondary N) is 1. The van der Waals surface area contributed by atoms with Gasteiger partial charge in [0, 0.05) is 13.0 Å². The second-order valence-electron chi connectivity index (χ2n) is 5.41. The molecule has 1 fully saturated rings. The van der Waals surface area contributed by atoms with Gasteiger partial charge < -0.3 is 15.0 Å². The number of carboxylic acids is 1. The molecule has 0 atom stereocenters. The van der Waals surface area contributed by atoms with Crippen LogP contribution in [0.5, 0.6) is 0 Å². The van der Waals surface area contributed by atoms with E-state index in [-0.39, 0.29) is 12.3 Å². The van der Waals surface area contributed by atoms with E-state index in [1.165, 1.54) is 0 Å². The summed E-state index contributed by atoms with van der Waals surface area (Å²) in [5.41, 5.74) is -0.561. The summed E-state index contributed by atoms with van der Waals surface area (Å²) in [6, 6.07) is 0. The van der Waals surface area contributed by atoms with Crippen LogP contribution in [0.3, 0.4) is 0 Å². The summed E-state index contributed by atoms with van der Waals surface area (Å²) >= 11 is 0. The molecule has 7 nitrogen and oxygen atoms in total. The number of carbonyl (C=O) groups is 2. The average Bonchev–Trinajstić information content (AvgIpc) is 2.89. The number of hydrogen-bond acceptors (Lipinski definition) is 4. The van der Waals surface area contributed by atoms with Crippen LogP contribution in [0.25, 0.3) is 0 Å². The van der Waals surface area contributed by atoms with E-state index in [9.17, 15) is 9.59 Å². The molecule has 20 heavy (non-hydrogen) atoms. The molecule has 0 bridgehead atoms. The Morgan fingerprint density at radius 1 is 1.20 bits per heavy atom. The fourth-order valence-corrected chi connectivity index (χ4v) is 2.79. The van der Waals surface area contributed by atoms with Gasteiger partial charge in [-0.2, -0.15) is 0 Å². The van der Waals surface area contributed by atoms with Crippen LogP contribution in [-0.4, -0.2) is 37.3 Å². The summed E-state index contributed by atoms with van der Waals surface area (Å²) in [5.74, 6) is -0.965. The number of amides is 1. The number of nitrogens with zero attached hydrogens (tertiary/aromatic N) is 3. The first-order chi connectivity index (χ1) is 9.60. The van der Waals surface area contributed by atoms with E-state index >= 15 is 0 Å². The van der Waals surface area contributed by atoms with E-state index in [1.54, 1.807) is 17.2 Å². The lowest BCUT2D eigenvalue weighted by Crippen LogP contribution is -2.51. The fourth-order valence-electron chi connectivity index (χ4n) is 2.79. The molecule has 0 saturated heterocycles. The van der Waals surface area contributed by atoms with Crippen molar-refractivity contribution in [3.63, 3.8) is 0 Å². The maximum atomic E-state index is 12.0. The molecule has 1 aromatic heterocycles. The highest BCUT2D eigenvalue weighted by Gasteiger charge is 2.35. The van der Waals surface area contributed by atoms with E-state index in [1.807, 2.05) is 0 Å². The molecule has 7 heteroatoms. The first-order valence-electron chi connectivity index (χ1n) is 6.95. The van der Waals surface area contributed by atoms with E-state index in [0.717, 1.165) is 32.1 Å². The summed E-state index contributed by atoms with van der Waals surface area (Å²) in [4.78, 5) is 23.1. The van der Waals surface area contributed by atoms with Gasteiger partial charge in [0.1, 0.15) is 12.7 Å². The third-order valence-electron chi connectivity index (χ3n) is 3.77. The summed E-state index contributed by atoms with van der Waals surface area (Å²) in [6.45, 7) is 0.502. The zero-order chi connectivity index (χ0) is 14.4. The fraction of sp³-hybridized carbons (Fsp3) is 0.692. The van der Waals surface area contributed by atoms with E-state index in [2.05, 4.69) is 15.5 Å². The zero-order valence-corrected chi connectivity index (χ0v) is 11.4. The lowest BCUT2D eigenvalue weighted by molar-refractivity contribution is -0.139. The van der Waals surface area contributed by atoms with E-state index < -0.39 is 11.5 Å². The molecule has 1 heterocycles. The third kappa shape index (κ3) is 4.04. The van der Waals surface area contributed by atoms with Crippen molar-refractivity contribution in [1.29, 1.82) is 0 Å². The predicted molar refractivity (Wildman–Crippen MR) is 70.9 cm³/mol. The first kappa shape index (κ1) is 14.5. The lowest BCUT2D eigenvalue weighted by Gasteiger charge is -2.37. The lowest BCUT2D eigenvalue weighted by atomic mass is 9.79. The van der Waals surface area contributed by atoms with Crippen LogP contribution < -0.4 is 5.32 Å². The van der Waals surface area contributed by atoms with Crippen molar-refractivity contribution in [2.24, 2.45) is 0 Å². The number of rotatable bonds is 6. The highest BCUT2D eigenvalue weighted by atomic mass is 16.4. The van der Waals surface area contributed by atoms with E-state index in [4.69, 9.17) is 5.11 Å². The van der Waals surface area contributed by atoms with Crippen LogP contribution in [0.1, 0.15) is 44.9 Å². The van der Waals surface area contributed by atoms with Gasteiger partial charge in [-0.3, -0.25) is 9.59 Å². The molecular weight excluding hydrogens is 260 g/mol. The normalized spacial score (nSPS) is 17.6. The smallest absolute Gasteiger partial charge is 0.305 e. The van der Waals surface area contributed by atoms with Crippen molar-refractivity contribution in [3.8, 4) is 0 Å². The van der Waals surface area contributed by atoms with Crippen LogP contribution in [0, 0.1) is 0 Å². The quantitative estimate of drug-likeness (QED) is 0.809. The van der Waals surface area contributed by atoms with Crippen LogP contribution in [0.4, 0.5) is 0 Å². The minimum Gasteiger partial charge on any atom is -0.481 e. The molecule has 1 saturated carbocycles. The molecule has 1 aliphatic carbocycles. The molecule has 1 aliphatic rings. The van der Waals surface area contributed by atoms with Crippen molar-refractivity contribution >= 4 is 11.9 Å². The Kier molecular flexibility index (Phi) is 4.70. The molecule has 0 unspecified atom stereocenters. The number of carboxylic acid groups (broad SMARTS) is 1. The number of carbonyl (C=O) groups excluding carboxylic acids is 1. The summed E-state index contributed by atoms with van der Waals surface area (Å²) in [6.07, 6.45) is 7.97. The van der Waals surface area contributed by atoms with Crippen LogP contribution in [-0.2, 0) is 16.1 Å². The van der Waals surface area contributed by atoms with Crippen molar-refractivity contribution in [1.82, 2.24) is 20.1 Å².